The molecule has 0 radical (unpaired) electrons. The Kier molecular flexibility index (Phi) is 9.35. The van der Waals surface area contributed by atoms with Crippen LogP contribution in [0.5, 0.6) is 0 Å². The second-order valence-electron chi connectivity index (χ2n) is 9.22. The average molecular weight is 565 g/mol. The van der Waals surface area contributed by atoms with Gasteiger partial charge < -0.3 is 10.2 Å². The first-order valence-corrected chi connectivity index (χ1v) is 14.6. The lowest BCUT2D eigenvalue weighted by Crippen LogP contribution is -2.53. The van der Waals surface area contributed by atoms with Gasteiger partial charge in [0.25, 0.3) is 0 Å². The van der Waals surface area contributed by atoms with Gasteiger partial charge in [0.2, 0.25) is 21.8 Å². The molecule has 2 aromatic carbocycles. The summed E-state index contributed by atoms with van der Waals surface area (Å²) in [5.74, 6) is -0.656. The molecule has 0 heterocycles. The van der Waals surface area contributed by atoms with Gasteiger partial charge in [0.15, 0.2) is 0 Å². The number of benzene rings is 2. The fourth-order valence-corrected chi connectivity index (χ4v) is 5.55. The lowest BCUT2D eigenvalue weighted by molar-refractivity contribution is -0.139. The van der Waals surface area contributed by atoms with E-state index in [4.69, 9.17) is 0 Å². The summed E-state index contributed by atoms with van der Waals surface area (Å²) in [5, 5.41) is 3.10. The molecule has 190 valence electrons. The maximum absolute atomic E-state index is 13.6. The molecule has 1 atom stereocenters. The number of sulfonamides is 1. The molecular formula is C26H34BrN3O4S. The number of nitrogens with one attached hydrogen (secondary N) is 1. The van der Waals surface area contributed by atoms with Crippen molar-refractivity contribution in [2.24, 2.45) is 0 Å². The normalized spacial score (nSPS) is 15.3. The Morgan fingerprint density at radius 1 is 1.06 bits per heavy atom. The van der Waals surface area contributed by atoms with E-state index in [1.165, 1.54) is 11.3 Å². The standard InChI is InChI=1S/C26H34BrN3O4S/c1-19-9-7-8-12-24(19)30(35(3,33)34)18-25(31)29(17-21-13-15-22(27)16-14-21)20(2)26(32)28-23-10-5-4-6-11-23/h7-9,12-16,20,23H,4-6,10-11,17-18H2,1-3H3,(H,28,32)/t20-/m1/s1. The number of carbonyl (C=O) groups excluding carboxylic acids is 2. The second kappa shape index (κ2) is 12.0. The molecule has 1 aliphatic carbocycles. The highest BCUT2D eigenvalue weighted by Crippen LogP contribution is 2.23. The summed E-state index contributed by atoms with van der Waals surface area (Å²) in [6.07, 6.45) is 6.31. The number of hydrogen-bond acceptors (Lipinski definition) is 4. The summed E-state index contributed by atoms with van der Waals surface area (Å²) in [6.45, 7) is 3.31. The van der Waals surface area contributed by atoms with Crippen LogP contribution >= 0.6 is 15.9 Å². The van der Waals surface area contributed by atoms with Gasteiger partial charge in [-0.2, -0.15) is 0 Å². The number of anilines is 1. The molecule has 9 heteroatoms. The van der Waals surface area contributed by atoms with Crippen LogP contribution in [0.1, 0.15) is 50.2 Å². The van der Waals surface area contributed by atoms with Crippen LogP contribution in [-0.2, 0) is 26.2 Å². The van der Waals surface area contributed by atoms with Crippen LogP contribution in [0.2, 0.25) is 0 Å². The highest BCUT2D eigenvalue weighted by Gasteiger charge is 2.31. The van der Waals surface area contributed by atoms with Crippen molar-refractivity contribution >= 4 is 43.5 Å². The van der Waals surface area contributed by atoms with Gasteiger partial charge in [0, 0.05) is 17.1 Å². The molecule has 0 aliphatic heterocycles. The van der Waals surface area contributed by atoms with Crippen molar-refractivity contribution in [1.82, 2.24) is 10.2 Å². The van der Waals surface area contributed by atoms with Gasteiger partial charge in [-0.1, -0.05) is 65.5 Å². The lowest BCUT2D eigenvalue weighted by Gasteiger charge is -2.33. The first kappa shape index (κ1) is 27.2. The predicted octanol–water partition coefficient (Wildman–Crippen LogP) is 4.39. The van der Waals surface area contributed by atoms with Crippen molar-refractivity contribution in [3.8, 4) is 0 Å². The minimum Gasteiger partial charge on any atom is -0.352 e. The van der Waals surface area contributed by atoms with Crippen LogP contribution < -0.4 is 9.62 Å². The first-order valence-electron chi connectivity index (χ1n) is 11.9. The highest BCUT2D eigenvalue weighted by molar-refractivity contribution is 9.10. The first-order chi connectivity index (χ1) is 16.6. The number of nitrogens with zero attached hydrogens (tertiary/aromatic N) is 2. The number of para-hydroxylation sites is 1. The Hall–Kier alpha value is -2.39. The van der Waals surface area contributed by atoms with E-state index in [9.17, 15) is 18.0 Å². The van der Waals surface area contributed by atoms with Crippen molar-refractivity contribution in [3.05, 3.63) is 64.1 Å². The Bertz CT molecular complexity index is 1130. The smallest absolute Gasteiger partial charge is 0.244 e. The van der Waals surface area contributed by atoms with Crippen molar-refractivity contribution in [2.45, 2.75) is 64.6 Å². The third-order valence-electron chi connectivity index (χ3n) is 6.45. The van der Waals surface area contributed by atoms with Crippen LogP contribution in [0.4, 0.5) is 5.69 Å². The molecule has 7 nitrogen and oxygen atoms in total. The monoisotopic (exact) mass is 563 g/mol. The molecular weight excluding hydrogens is 530 g/mol. The van der Waals surface area contributed by atoms with Gasteiger partial charge in [0.1, 0.15) is 12.6 Å². The predicted molar refractivity (Wildman–Crippen MR) is 143 cm³/mol. The summed E-state index contributed by atoms with van der Waals surface area (Å²) in [5.41, 5.74) is 2.04. The number of hydrogen-bond donors (Lipinski definition) is 1. The summed E-state index contributed by atoms with van der Waals surface area (Å²) < 4.78 is 27.4. The molecule has 35 heavy (non-hydrogen) atoms. The summed E-state index contributed by atoms with van der Waals surface area (Å²) >= 11 is 3.42. The van der Waals surface area contributed by atoms with E-state index in [-0.39, 0.29) is 25.0 Å². The number of amides is 2. The molecule has 0 saturated heterocycles. The fraction of sp³-hybridized carbons (Fsp3) is 0.462. The zero-order chi connectivity index (χ0) is 25.6. The SMILES string of the molecule is Cc1ccccc1N(CC(=O)N(Cc1ccc(Br)cc1)[C@H](C)C(=O)NC1CCCCC1)S(C)(=O)=O. The quantitative estimate of drug-likeness (QED) is 0.490. The van der Waals surface area contributed by atoms with Gasteiger partial charge in [-0.15, -0.1) is 0 Å². The molecule has 0 unspecified atom stereocenters. The lowest BCUT2D eigenvalue weighted by atomic mass is 9.95. The van der Waals surface area contributed by atoms with E-state index in [0.29, 0.717) is 5.69 Å². The third-order valence-corrected chi connectivity index (χ3v) is 8.10. The Labute approximate surface area is 217 Å². The number of halogens is 1. The van der Waals surface area contributed by atoms with Gasteiger partial charge in [-0.05, 0) is 56.0 Å². The fourth-order valence-electron chi connectivity index (χ4n) is 4.38. The van der Waals surface area contributed by atoms with Crippen LogP contribution in [-0.4, -0.2) is 50.0 Å². The average Bonchev–Trinajstić information content (AvgIpc) is 2.82. The summed E-state index contributed by atoms with van der Waals surface area (Å²) in [7, 11) is -3.74. The van der Waals surface area contributed by atoms with Gasteiger partial charge in [0.05, 0.1) is 11.9 Å². The van der Waals surface area contributed by atoms with Crippen LogP contribution in [0, 0.1) is 6.92 Å². The van der Waals surface area contributed by atoms with E-state index in [1.54, 1.807) is 32.0 Å². The molecule has 2 aromatic rings. The van der Waals surface area contributed by atoms with Gasteiger partial charge in [-0.3, -0.25) is 13.9 Å². The van der Waals surface area contributed by atoms with Gasteiger partial charge in [-0.25, -0.2) is 8.42 Å². The Morgan fingerprint density at radius 2 is 1.69 bits per heavy atom. The van der Waals surface area contributed by atoms with Crippen LogP contribution in [0.15, 0.2) is 53.0 Å². The minimum absolute atomic E-state index is 0.114. The topological polar surface area (TPSA) is 86.8 Å². The zero-order valence-electron chi connectivity index (χ0n) is 20.5. The molecule has 0 aromatic heterocycles. The number of aryl methyl sites for hydroxylation is 1. The van der Waals surface area contributed by atoms with E-state index in [1.807, 2.05) is 30.3 Å². The molecule has 1 aliphatic rings. The largest absolute Gasteiger partial charge is 0.352 e. The minimum atomic E-state index is -3.74. The van der Waals surface area contributed by atoms with Crippen molar-refractivity contribution in [2.75, 3.05) is 17.1 Å². The zero-order valence-corrected chi connectivity index (χ0v) is 22.9. The Balaban J connectivity index is 1.87. The molecule has 0 spiro atoms. The van der Waals surface area contributed by atoms with Crippen molar-refractivity contribution in [1.29, 1.82) is 0 Å². The Morgan fingerprint density at radius 3 is 2.29 bits per heavy atom. The van der Waals surface area contributed by atoms with Crippen LogP contribution in [0.25, 0.3) is 0 Å². The van der Waals surface area contributed by atoms with Crippen molar-refractivity contribution in [3.63, 3.8) is 0 Å². The van der Waals surface area contributed by atoms with E-state index >= 15 is 0 Å². The molecule has 1 fully saturated rings. The van der Waals surface area contributed by atoms with E-state index in [0.717, 1.165) is 51.8 Å². The van der Waals surface area contributed by atoms with E-state index in [2.05, 4.69) is 21.2 Å². The second-order valence-corrected chi connectivity index (χ2v) is 12.0. The van der Waals surface area contributed by atoms with E-state index < -0.39 is 22.0 Å². The third kappa shape index (κ3) is 7.54. The highest BCUT2D eigenvalue weighted by atomic mass is 79.9. The maximum Gasteiger partial charge on any atom is 0.244 e. The van der Waals surface area contributed by atoms with Gasteiger partial charge >= 0.3 is 0 Å². The molecule has 0 bridgehead atoms. The number of carbonyl (C=O) groups is 2. The van der Waals surface area contributed by atoms with Crippen molar-refractivity contribution < 1.29 is 18.0 Å². The molecule has 1 saturated carbocycles. The summed E-state index contributed by atoms with van der Waals surface area (Å²) in [4.78, 5) is 28.3. The number of rotatable bonds is 9. The molecule has 3 rings (SSSR count). The summed E-state index contributed by atoms with van der Waals surface area (Å²) in [6, 6.07) is 13.9. The maximum atomic E-state index is 13.6. The molecule has 1 N–H and O–H groups in total. The molecule has 2 amide bonds. The van der Waals surface area contributed by atoms with Crippen LogP contribution in [0.3, 0.4) is 0 Å².